The van der Waals surface area contributed by atoms with Gasteiger partial charge in [0.1, 0.15) is 6.61 Å². The van der Waals surface area contributed by atoms with Crippen molar-refractivity contribution in [1.82, 2.24) is 0 Å². The minimum absolute atomic E-state index is 0.0346. The lowest BCUT2D eigenvalue weighted by Gasteiger charge is -2.17. The van der Waals surface area contributed by atoms with Crippen LogP contribution in [0.2, 0.25) is 0 Å². The van der Waals surface area contributed by atoms with Gasteiger partial charge in [0.15, 0.2) is 0 Å². The Kier molecular flexibility index (Phi) is 3.88. The molecule has 7 heteroatoms. The number of benzene rings is 1. The lowest BCUT2D eigenvalue weighted by Crippen LogP contribution is -2.32. The van der Waals surface area contributed by atoms with Gasteiger partial charge in [-0.2, -0.15) is 0 Å². The van der Waals surface area contributed by atoms with Crippen LogP contribution >= 0.6 is 0 Å². The summed E-state index contributed by atoms with van der Waals surface area (Å²) in [5.41, 5.74) is 1.55. The van der Waals surface area contributed by atoms with E-state index in [1.54, 1.807) is 11.0 Å². The molecule has 0 fully saturated rings. The predicted octanol–water partition coefficient (Wildman–Crippen LogP) is 0.260. The minimum atomic E-state index is -3.70. The topological polar surface area (TPSA) is 89.7 Å². The normalized spacial score (nSPS) is 14.5. The molecule has 2 N–H and O–H groups in total. The van der Waals surface area contributed by atoms with Crippen LogP contribution < -0.4 is 10.0 Å². The first-order valence-electron chi connectivity index (χ1n) is 5.97. The van der Waals surface area contributed by atoms with Crippen LogP contribution in [0.25, 0.3) is 0 Å². The molecule has 1 heterocycles. The molecule has 1 aromatic rings. The Morgan fingerprint density at radius 1 is 1.47 bits per heavy atom. The molecule has 0 spiro atoms. The number of carbonyl (C=O) groups is 1. The molecular formula is C12H16N2O4S. The van der Waals surface area contributed by atoms with Gasteiger partial charge in [-0.25, -0.2) is 13.6 Å². The smallest absolute Gasteiger partial charge is 0.252 e. The Hall–Kier alpha value is -1.44. The van der Waals surface area contributed by atoms with Crippen molar-refractivity contribution in [3.63, 3.8) is 0 Å². The SMILES string of the molecule is CCOCC(=O)N1CCc2cc(S(N)(=O)=O)ccc21. The maximum absolute atomic E-state index is 11.9. The molecule has 1 aliphatic rings. The van der Waals surface area contributed by atoms with E-state index in [0.29, 0.717) is 19.6 Å². The molecule has 0 aromatic heterocycles. The van der Waals surface area contributed by atoms with E-state index in [1.165, 1.54) is 12.1 Å². The summed E-state index contributed by atoms with van der Waals surface area (Å²) >= 11 is 0. The maximum Gasteiger partial charge on any atom is 0.252 e. The Labute approximate surface area is 112 Å². The van der Waals surface area contributed by atoms with Gasteiger partial charge in [-0.3, -0.25) is 4.79 Å². The Morgan fingerprint density at radius 3 is 2.84 bits per heavy atom. The highest BCUT2D eigenvalue weighted by molar-refractivity contribution is 7.89. The summed E-state index contributed by atoms with van der Waals surface area (Å²) in [6.45, 7) is 2.88. The quantitative estimate of drug-likeness (QED) is 0.858. The Bertz CT molecular complexity index is 598. The van der Waals surface area contributed by atoms with Crippen LogP contribution in [0.4, 0.5) is 5.69 Å². The van der Waals surface area contributed by atoms with Crippen LogP contribution in [0, 0.1) is 0 Å². The van der Waals surface area contributed by atoms with Crippen LogP contribution in [-0.4, -0.2) is 34.1 Å². The molecule has 2 rings (SSSR count). The van der Waals surface area contributed by atoms with Crippen LogP contribution in [0.5, 0.6) is 0 Å². The third kappa shape index (κ3) is 2.94. The highest BCUT2D eigenvalue weighted by Crippen LogP contribution is 2.29. The summed E-state index contributed by atoms with van der Waals surface area (Å²) in [6.07, 6.45) is 0.622. The zero-order chi connectivity index (χ0) is 14.0. The van der Waals surface area contributed by atoms with Crippen molar-refractivity contribution in [2.24, 2.45) is 5.14 Å². The summed E-state index contributed by atoms with van der Waals surface area (Å²) in [7, 11) is -3.70. The van der Waals surface area contributed by atoms with E-state index in [9.17, 15) is 13.2 Å². The largest absolute Gasteiger partial charge is 0.372 e. The van der Waals surface area contributed by atoms with E-state index in [1.807, 2.05) is 6.92 Å². The van der Waals surface area contributed by atoms with Crippen molar-refractivity contribution in [2.45, 2.75) is 18.2 Å². The van der Waals surface area contributed by atoms with E-state index >= 15 is 0 Å². The van der Waals surface area contributed by atoms with Gasteiger partial charge in [0.2, 0.25) is 10.0 Å². The first kappa shape index (κ1) is 14.0. The van der Waals surface area contributed by atoms with Crippen molar-refractivity contribution >= 4 is 21.6 Å². The number of rotatable bonds is 4. The lowest BCUT2D eigenvalue weighted by molar-refractivity contribution is -0.122. The van der Waals surface area contributed by atoms with Crippen molar-refractivity contribution in [3.05, 3.63) is 23.8 Å². The second-order valence-electron chi connectivity index (χ2n) is 4.27. The van der Waals surface area contributed by atoms with Gasteiger partial charge in [0.05, 0.1) is 4.90 Å². The molecule has 1 amide bonds. The zero-order valence-corrected chi connectivity index (χ0v) is 11.4. The van der Waals surface area contributed by atoms with Gasteiger partial charge in [-0.15, -0.1) is 0 Å². The molecule has 104 valence electrons. The molecule has 0 bridgehead atoms. The van der Waals surface area contributed by atoms with Gasteiger partial charge < -0.3 is 9.64 Å². The minimum Gasteiger partial charge on any atom is -0.372 e. The number of fused-ring (bicyclic) bond motifs is 1. The maximum atomic E-state index is 11.9. The monoisotopic (exact) mass is 284 g/mol. The van der Waals surface area contributed by atoms with Crippen LogP contribution in [0.3, 0.4) is 0 Å². The van der Waals surface area contributed by atoms with Gasteiger partial charge in [0, 0.05) is 18.8 Å². The summed E-state index contributed by atoms with van der Waals surface area (Å²) in [5, 5.41) is 5.08. The van der Waals surface area contributed by atoms with E-state index in [4.69, 9.17) is 9.88 Å². The molecule has 1 aromatic carbocycles. The van der Waals surface area contributed by atoms with Gasteiger partial charge >= 0.3 is 0 Å². The second-order valence-corrected chi connectivity index (χ2v) is 5.83. The fraction of sp³-hybridized carbons (Fsp3) is 0.417. The number of hydrogen-bond donors (Lipinski definition) is 1. The van der Waals surface area contributed by atoms with Gasteiger partial charge in [0.25, 0.3) is 5.91 Å². The summed E-state index contributed by atoms with van der Waals surface area (Å²) < 4.78 is 27.6. The molecule has 19 heavy (non-hydrogen) atoms. The molecule has 1 aliphatic heterocycles. The summed E-state index contributed by atoms with van der Waals surface area (Å²) in [5.74, 6) is -0.121. The van der Waals surface area contributed by atoms with E-state index < -0.39 is 10.0 Å². The van der Waals surface area contributed by atoms with Gasteiger partial charge in [-0.1, -0.05) is 0 Å². The lowest BCUT2D eigenvalue weighted by atomic mass is 10.2. The fourth-order valence-electron chi connectivity index (χ4n) is 2.08. The van der Waals surface area contributed by atoms with Crippen LogP contribution in [0.1, 0.15) is 12.5 Å². The van der Waals surface area contributed by atoms with Crippen LogP contribution in [-0.2, 0) is 26.0 Å². The number of carbonyl (C=O) groups excluding carboxylic acids is 1. The highest BCUT2D eigenvalue weighted by Gasteiger charge is 2.25. The number of anilines is 1. The Balaban J connectivity index is 2.25. The Morgan fingerprint density at radius 2 is 2.21 bits per heavy atom. The molecular weight excluding hydrogens is 268 g/mol. The first-order valence-corrected chi connectivity index (χ1v) is 7.52. The van der Waals surface area contributed by atoms with E-state index in [0.717, 1.165) is 11.3 Å². The molecule has 0 saturated heterocycles. The summed E-state index contributed by atoms with van der Waals surface area (Å²) in [4.78, 5) is 13.6. The van der Waals surface area contributed by atoms with Crippen molar-refractivity contribution in [2.75, 3.05) is 24.7 Å². The zero-order valence-electron chi connectivity index (χ0n) is 10.6. The standard InChI is InChI=1S/C12H16N2O4S/c1-2-18-8-12(15)14-6-5-9-7-10(19(13,16)17)3-4-11(9)14/h3-4,7H,2,5-6,8H2,1H3,(H2,13,16,17). The number of amides is 1. The number of nitrogens with zero attached hydrogens (tertiary/aromatic N) is 1. The second kappa shape index (κ2) is 5.28. The third-order valence-electron chi connectivity index (χ3n) is 3.01. The molecule has 0 aliphatic carbocycles. The van der Waals surface area contributed by atoms with E-state index in [-0.39, 0.29) is 17.4 Å². The number of primary sulfonamides is 1. The molecule has 0 unspecified atom stereocenters. The van der Waals surface area contributed by atoms with Crippen LogP contribution in [0.15, 0.2) is 23.1 Å². The summed E-state index contributed by atoms with van der Waals surface area (Å²) in [6, 6.07) is 4.56. The average molecular weight is 284 g/mol. The molecule has 0 atom stereocenters. The van der Waals surface area contributed by atoms with E-state index in [2.05, 4.69) is 0 Å². The van der Waals surface area contributed by atoms with Crippen molar-refractivity contribution in [1.29, 1.82) is 0 Å². The van der Waals surface area contributed by atoms with Gasteiger partial charge in [-0.05, 0) is 37.1 Å². The molecule has 0 saturated carbocycles. The number of ether oxygens (including phenoxy) is 1. The third-order valence-corrected chi connectivity index (χ3v) is 3.92. The average Bonchev–Trinajstić information content (AvgIpc) is 2.77. The highest BCUT2D eigenvalue weighted by atomic mass is 32.2. The number of sulfonamides is 1. The number of hydrogen-bond acceptors (Lipinski definition) is 4. The number of nitrogens with two attached hydrogens (primary N) is 1. The molecule has 0 radical (unpaired) electrons. The van der Waals surface area contributed by atoms with Crippen molar-refractivity contribution in [3.8, 4) is 0 Å². The fourth-order valence-corrected chi connectivity index (χ4v) is 2.65. The predicted molar refractivity (Wildman–Crippen MR) is 70.4 cm³/mol. The first-order chi connectivity index (χ1) is 8.93. The van der Waals surface area contributed by atoms with Crippen molar-refractivity contribution < 1.29 is 17.9 Å². The molecule has 6 nitrogen and oxygen atoms in total.